The van der Waals surface area contributed by atoms with Gasteiger partial charge in [-0.1, -0.05) is 13.0 Å². The third kappa shape index (κ3) is 3.16. The third-order valence-electron chi connectivity index (χ3n) is 4.70. The van der Waals surface area contributed by atoms with E-state index in [9.17, 15) is 0 Å². The highest BCUT2D eigenvalue weighted by Gasteiger charge is 2.14. The van der Waals surface area contributed by atoms with E-state index in [1.54, 1.807) is 0 Å². The second kappa shape index (κ2) is 6.70. The number of hydrogen-bond donors (Lipinski definition) is 0. The molecule has 3 aromatic rings. The molecular formula is C19H23N5O. The van der Waals surface area contributed by atoms with E-state index >= 15 is 0 Å². The minimum atomic E-state index is 0.411. The summed E-state index contributed by atoms with van der Waals surface area (Å²) in [6.45, 7) is 6.74. The largest absolute Gasteiger partial charge is 0.470 e. The molecular weight excluding hydrogens is 314 g/mol. The zero-order valence-electron chi connectivity index (χ0n) is 14.8. The van der Waals surface area contributed by atoms with Gasteiger partial charge in [0.15, 0.2) is 5.65 Å². The van der Waals surface area contributed by atoms with E-state index in [0.29, 0.717) is 12.5 Å². The maximum absolute atomic E-state index is 5.87. The number of aryl methyl sites for hydroxylation is 2. The van der Waals surface area contributed by atoms with Crippen LogP contribution < -0.4 is 9.64 Å². The van der Waals surface area contributed by atoms with Gasteiger partial charge in [-0.2, -0.15) is 0 Å². The standard InChI is InChI=1S/C19H23N5O/c1-3-16-14(2)24-18(21-16)9-10-19(22-24)25-13-15-7-6-8-17(20-15)23-11-4-5-12-23/h6-10H,3-5,11-13H2,1-2H3. The van der Waals surface area contributed by atoms with Gasteiger partial charge in [-0.25, -0.2) is 14.5 Å². The number of imidazole rings is 1. The van der Waals surface area contributed by atoms with Crippen LogP contribution in [-0.4, -0.2) is 32.7 Å². The van der Waals surface area contributed by atoms with Crippen LogP contribution in [0.2, 0.25) is 0 Å². The molecule has 0 saturated carbocycles. The molecule has 1 fully saturated rings. The van der Waals surface area contributed by atoms with E-state index in [2.05, 4.69) is 28.0 Å². The molecule has 4 heterocycles. The first-order valence-corrected chi connectivity index (χ1v) is 8.93. The summed E-state index contributed by atoms with van der Waals surface area (Å²) in [7, 11) is 0. The monoisotopic (exact) mass is 337 g/mol. The molecule has 0 N–H and O–H groups in total. The summed E-state index contributed by atoms with van der Waals surface area (Å²) in [6, 6.07) is 9.92. The molecule has 1 saturated heterocycles. The fraction of sp³-hybridized carbons (Fsp3) is 0.421. The molecule has 1 aliphatic heterocycles. The summed E-state index contributed by atoms with van der Waals surface area (Å²) in [4.78, 5) is 11.6. The number of nitrogens with zero attached hydrogens (tertiary/aromatic N) is 5. The number of hydrogen-bond acceptors (Lipinski definition) is 5. The van der Waals surface area contributed by atoms with Gasteiger partial charge < -0.3 is 9.64 Å². The Hall–Kier alpha value is -2.63. The lowest BCUT2D eigenvalue weighted by atomic mass is 10.3. The fourth-order valence-corrected chi connectivity index (χ4v) is 3.30. The highest BCUT2D eigenvalue weighted by molar-refractivity contribution is 5.43. The van der Waals surface area contributed by atoms with E-state index in [4.69, 9.17) is 9.72 Å². The number of fused-ring (bicyclic) bond motifs is 1. The Kier molecular flexibility index (Phi) is 4.26. The van der Waals surface area contributed by atoms with Gasteiger partial charge in [0.05, 0.1) is 17.1 Å². The Morgan fingerprint density at radius 1 is 1.08 bits per heavy atom. The highest BCUT2D eigenvalue weighted by Crippen LogP contribution is 2.19. The van der Waals surface area contributed by atoms with Crippen molar-refractivity contribution in [3.63, 3.8) is 0 Å². The summed E-state index contributed by atoms with van der Waals surface area (Å²) >= 11 is 0. The Labute approximate surface area is 147 Å². The normalized spacial score (nSPS) is 14.4. The summed E-state index contributed by atoms with van der Waals surface area (Å²) in [5, 5.41) is 4.55. The molecule has 4 rings (SSSR count). The highest BCUT2D eigenvalue weighted by atomic mass is 16.5. The topological polar surface area (TPSA) is 55.5 Å². The Morgan fingerprint density at radius 3 is 2.72 bits per heavy atom. The van der Waals surface area contributed by atoms with E-state index in [1.165, 1.54) is 12.8 Å². The minimum absolute atomic E-state index is 0.411. The van der Waals surface area contributed by atoms with Gasteiger partial charge in [0.2, 0.25) is 5.88 Å². The lowest BCUT2D eigenvalue weighted by Gasteiger charge is -2.16. The smallest absolute Gasteiger partial charge is 0.232 e. The average Bonchev–Trinajstić information content (AvgIpc) is 3.29. The Balaban J connectivity index is 1.50. The first-order valence-electron chi connectivity index (χ1n) is 8.93. The number of rotatable bonds is 5. The first kappa shape index (κ1) is 15.9. The van der Waals surface area contributed by atoms with Crippen LogP contribution in [-0.2, 0) is 13.0 Å². The maximum atomic E-state index is 5.87. The quantitative estimate of drug-likeness (QED) is 0.716. The number of pyridine rings is 1. The predicted octanol–water partition coefficient (Wildman–Crippen LogP) is 3.17. The van der Waals surface area contributed by atoms with Crippen LogP contribution in [0.3, 0.4) is 0 Å². The van der Waals surface area contributed by atoms with E-state index < -0.39 is 0 Å². The summed E-state index contributed by atoms with van der Waals surface area (Å²) in [5.41, 5.74) is 3.92. The molecule has 0 unspecified atom stereocenters. The molecule has 25 heavy (non-hydrogen) atoms. The van der Waals surface area contributed by atoms with Crippen LogP contribution in [0.25, 0.3) is 5.65 Å². The van der Waals surface area contributed by atoms with Crippen LogP contribution in [0.5, 0.6) is 5.88 Å². The van der Waals surface area contributed by atoms with Gasteiger partial charge in [0.1, 0.15) is 12.4 Å². The van der Waals surface area contributed by atoms with Gasteiger partial charge in [0.25, 0.3) is 0 Å². The Morgan fingerprint density at radius 2 is 1.92 bits per heavy atom. The van der Waals surface area contributed by atoms with Crippen molar-refractivity contribution in [2.24, 2.45) is 0 Å². The SMILES string of the molecule is CCc1nc2ccc(OCc3cccc(N4CCCC4)n3)nn2c1C. The van der Waals surface area contributed by atoms with Crippen LogP contribution in [0.15, 0.2) is 30.3 Å². The molecule has 6 nitrogen and oxygen atoms in total. The molecule has 0 bridgehead atoms. The van der Waals surface area contributed by atoms with Gasteiger partial charge in [-0.05, 0) is 44.4 Å². The second-order valence-corrected chi connectivity index (χ2v) is 6.41. The number of ether oxygens (including phenoxy) is 1. The third-order valence-corrected chi connectivity index (χ3v) is 4.70. The maximum Gasteiger partial charge on any atom is 0.232 e. The van der Waals surface area contributed by atoms with Crippen molar-refractivity contribution in [2.45, 2.75) is 39.7 Å². The van der Waals surface area contributed by atoms with Crippen LogP contribution >= 0.6 is 0 Å². The number of anilines is 1. The summed E-state index contributed by atoms with van der Waals surface area (Å²) < 4.78 is 7.72. The van der Waals surface area contributed by atoms with Gasteiger partial charge >= 0.3 is 0 Å². The van der Waals surface area contributed by atoms with Crippen molar-refractivity contribution in [1.29, 1.82) is 0 Å². The molecule has 0 radical (unpaired) electrons. The fourth-order valence-electron chi connectivity index (χ4n) is 3.30. The first-order chi connectivity index (χ1) is 12.2. The predicted molar refractivity (Wildman–Crippen MR) is 97.1 cm³/mol. The average molecular weight is 337 g/mol. The summed E-state index contributed by atoms with van der Waals surface area (Å²) in [6.07, 6.45) is 3.39. The second-order valence-electron chi connectivity index (χ2n) is 6.41. The van der Waals surface area contributed by atoms with Crippen molar-refractivity contribution in [3.05, 3.63) is 47.4 Å². The lowest BCUT2D eigenvalue weighted by molar-refractivity contribution is 0.284. The van der Waals surface area contributed by atoms with Crippen LogP contribution in [0.4, 0.5) is 5.82 Å². The van der Waals surface area contributed by atoms with Crippen LogP contribution in [0.1, 0.15) is 36.8 Å². The molecule has 6 heteroatoms. The van der Waals surface area contributed by atoms with E-state index in [-0.39, 0.29) is 0 Å². The van der Waals surface area contributed by atoms with Crippen molar-refractivity contribution in [1.82, 2.24) is 19.6 Å². The van der Waals surface area contributed by atoms with Gasteiger partial charge in [-0.3, -0.25) is 0 Å². The Bertz CT molecular complexity index is 883. The molecule has 130 valence electrons. The van der Waals surface area contributed by atoms with Crippen molar-refractivity contribution in [2.75, 3.05) is 18.0 Å². The molecule has 0 amide bonds. The van der Waals surface area contributed by atoms with Crippen LogP contribution in [0, 0.1) is 6.92 Å². The molecule has 0 atom stereocenters. The molecule has 0 spiro atoms. The minimum Gasteiger partial charge on any atom is -0.470 e. The lowest BCUT2D eigenvalue weighted by Crippen LogP contribution is -2.19. The van der Waals surface area contributed by atoms with Gasteiger partial charge in [-0.15, -0.1) is 5.10 Å². The zero-order chi connectivity index (χ0) is 17.2. The van der Waals surface area contributed by atoms with E-state index in [1.807, 2.05) is 35.7 Å². The summed E-state index contributed by atoms with van der Waals surface area (Å²) in [5.74, 6) is 1.63. The number of aromatic nitrogens is 4. The molecule has 3 aromatic heterocycles. The van der Waals surface area contributed by atoms with Crippen molar-refractivity contribution >= 4 is 11.5 Å². The molecule has 0 aliphatic carbocycles. The van der Waals surface area contributed by atoms with E-state index in [0.717, 1.165) is 48.1 Å². The van der Waals surface area contributed by atoms with Crippen molar-refractivity contribution in [3.8, 4) is 5.88 Å². The molecule has 0 aromatic carbocycles. The van der Waals surface area contributed by atoms with Gasteiger partial charge in [0, 0.05) is 19.2 Å². The zero-order valence-corrected chi connectivity index (χ0v) is 14.8. The molecule has 1 aliphatic rings. The van der Waals surface area contributed by atoms with Crippen molar-refractivity contribution < 1.29 is 4.74 Å².